The van der Waals surface area contributed by atoms with Crippen LogP contribution >= 0.6 is 46.3 Å². The van der Waals surface area contributed by atoms with Crippen molar-refractivity contribution >= 4 is 68.9 Å². The highest BCUT2D eigenvalue weighted by Gasteiger charge is 2.17. The number of thioether (sulfide) groups is 1. The lowest BCUT2D eigenvalue weighted by atomic mass is 10.2. The Morgan fingerprint density at radius 1 is 1.16 bits per heavy atom. The molecule has 168 valence electrons. The zero-order chi connectivity index (χ0) is 23.1. The van der Waals surface area contributed by atoms with Gasteiger partial charge in [0.05, 0.1) is 16.0 Å². The summed E-state index contributed by atoms with van der Waals surface area (Å²) in [5, 5.41) is 8.81. The maximum atomic E-state index is 12.7. The first-order valence-corrected chi connectivity index (χ1v) is 12.7. The number of nitrogens with one attached hydrogen (secondary N) is 2. The minimum atomic E-state index is -0.354. The van der Waals surface area contributed by atoms with Crippen LogP contribution in [-0.4, -0.2) is 22.0 Å². The molecule has 0 radical (unpaired) electrons. The first-order chi connectivity index (χ1) is 15.4. The minimum absolute atomic E-state index is 0.000145. The van der Waals surface area contributed by atoms with Crippen molar-refractivity contribution in [2.24, 2.45) is 0 Å². The van der Waals surface area contributed by atoms with Crippen LogP contribution in [0, 0.1) is 0 Å². The molecule has 2 N–H and O–H groups in total. The van der Waals surface area contributed by atoms with Crippen molar-refractivity contribution in [2.45, 2.75) is 43.3 Å². The molecule has 0 fully saturated rings. The normalized spacial score (nSPS) is 11.8. The van der Waals surface area contributed by atoms with E-state index >= 15 is 0 Å². The zero-order valence-corrected chi connectivity index (χ0v) is 20.8. The molecule has 0 aliphatic rings. The number of halogens is 2. The van der Waals surface area contributed by atoms with E-state index in [-0.39, 0.29) is 17.1 Å². The molecular weight excluding hydrogens is 485 g/mol. The summed E-state index contributed by atoms with van der Waals surface area (Å²) in [5.41, 5.74) is 2.17. The van der Waals surface area contributed by atoms with Crippen LogP contribution in [0.25, 0.3) is 11.3 Å². The Hall–Kier alpha value is -2.06. The maximum Gasteiger partial charge on any atom is 0.239 e. The molecule has 0 aliphatic carbocycles. The van der Waals surface area contributed by atoms with Crippen LogP contribution < -0.4 is 10.6 Å². The third-order valence-electron chi connectivity index (χ3n) is 4.50. The van der Waals surface area contributed by atoms with E-state index < -0.39 is 0 Å². The number of hydrogen-bond acceptors (Lipinski definition) is 5. The summed E-state index contributed by atoms with van der Waals surface area (Å²) in [4.78, 5) is 30.0. The molecule has 1 heterocycles. The van der Waals surface area contributed by atoms with Gasteiger partial charge < -0.3 is 10.6 Å². The number of hydrogen-bond donors (Lipinski definition) is 2. The molecular formula is C23H23Cl2N3O2S2. The summed E-state index contributed by atoms with van der Waals surface area (Å²) in [7, 11) is 0. The van der Waals surface area contributed by atoms with Gasteiger partial charge in [0.25, 0.3) is 0 Å². The van der Waals surface area contributed by atoms with Crippen molar-refractivity contribution in [3.8, 4) is 11.3 Å². The molecule has 1 atom stereocenters. The average molecular weight is 508 g/mol. The van der Waals surface area contributed by atoms with E-state index in [2.05, 4.69) is 22.5 Å². The van der Waals surface area contributed by atoms with Crippen LogP contribution in [-0.2, 0) is 9.59 Å². The van der Waals surface area contributed by atoms with Crippen molar-refractivity contribution in [1.29, 1.82) is 0 Å². The van der Waals surface area contributed by atoms with E-state index in [0.29, 0.717) is 27.3 Å². The Morgan fingerprint density at radius 2 is 1.97 bits per heavy atom. The van der Waals surface area contributed by atoms with Crippen molar-refractivity contribution in [3.63, 3.8) is 0 Å². The van der Waals surface area contributed by atoms with Gasteiger partial charge in [0.1, 0.15) is 0 Å². The number of thiazole rings is 1. The average Bonchev–Trinajstić information content (AvgIpc) is 3.20. The molecule has 3 rings (SSSR count). The van der Waals surface area contributed by atoms with Gasteiger partial charge in [0, 0.05) is 33.0 Å². The fourth-order valence-corrected chi connectivity index (χ4v) is 4.97. The number of anilines is 2. The highest BCUT2D eigenvalue weighted by molar-refractivity contribution is 8.00. The van der Waals surface area contributed by atoms with Gasteiger partial charge in [-0.2, -0.15) is 0 Å². The first kappa shape index (κ1) is 24.6. The summed E-state index contributed by atoms with van der Waals surface area (Å²) >= 11 is 15.0. The smallest absolute Gasteiger partial charge is 0.239 e. The van der Waals surface area contributed by atoms with Gasteiger partial charge in [-0.1, -0.05) is 42.6 Å². The fraction of sp³-hybridized carbons (Fsp3) is 0.261. The highest BCUT2D eigenvalue weighted by Crippen LogP contribution is 2.33. The number of aromatic nitrogens is 1. The van der Waals surface area contributed by atoms with E-state index in [1.807, 2.05) is 36.6 Å². The molecule has 3 aromatic rings. The topological polar surface area (TPSA) is 71.1 Å². The Morgan fingerprint density at radius 3 is 2.72 bits per heavy atom. The summed E-state index contributed by atoms with van der Waals surface area (Å²) in [6.45, 7) is 3.88. The number of benzene rings is 2. The molecule has 1 unspecified atom stereocenters. The lowest BCUT2D eigenvalue weighted by Crippen LogP contribution is -2.22. The number of carbonyl (C=O) groups excluding carboxylic acids is 2. The largest absolute Gasteiger partial charge is 0.326 e. The summed E-state index contributed by atoms with van der Waals surface area (Å²) < 4.78 is 0. The van der Waals surface area contributed by atoms with Crippen LogP contribution in [0.15, 0.2) is 52.7 Å². The van der Waals surface area contributed by atoms with E-state index in [1.165, 1.54) is 23.1 Å². The van der Waals surface area contributed by atoms with Crippen LogP contribution in [0.1, 0.15) is 33.1 Å². The maximum absolute atomic E-state index is 12.7. The number of carbonyl (C=O) groups is 2. The van der Waals surface area contributed by atoms with Gasteiger partial charge in [-0.25, -0.2) is 4.98 Å². The van der Waals surface area contributed by atoms with Gasteiger partial charge in [-0.05, 0) is 49.7 Å². The lowest BCUT2D eigenvalue weighted by Gasteiger charge is -2.12. The Kier molecular flexibility index (Phi) is 8.99. The molecule has 5 nitrogen and oxygen atoms in total. The predicted molar refractivity (Wildman–Crippen MR) is 136 cm³/mol. The number of amides is 2. The third-order valence-corrected chi connectivity index (χ3v) is 6.90. The van der Waals surface area contributed by atoms with Crippen molar-refractivity contribution < 1.29 is 9.59 Å². The fourth-order valence-electron chi connectivity index (χ4n) is 2.82. The molecule has 0 aliphatic heterocycles. The number of nitrogens with zero attached hydrogens (tertiary/aromatic N) is 1. The van der Waals surface area contributed by atoms with Crippen LogP contribution in [0.4, 0.5) is 10.8 Å². The minimum Gasteiger partial charge on any atom is -0.326 e. The van der Waals surface area contributed by atoms with E-state index in [9.17, 15) is 9.59 Å². The predicted octanol–water partition coefficient (Wildman–Crippen LogP) is 7.36. The quantitative estimate of drug-likeness (QED) is 0.296. The molecule has 1 aromatic heterocycles. The standard InChI is InChI=1S/C23H23Cl2N3O2S2/c1-3-4-8-21(29)26-16-6-5-7-17(12-16)32-14(2)22(30)28-23-27-20(13-31-23)18-10-9-15(24)11-19(18)25/h5-7,9-14H,3-4,8H2,1-2H3,(H,26,29)(H,27,28,30). The number of unbranched alkanes of at least 4 members (excludes halogenated alkanes) is 1. The van der Waals surface area contributed by atoms with Crippen molar-refractivity contribution in [1.82, 2.24) is 4.98 Å². The summed E-state index contributed by atoms with van der Waals surface area (Å²) in [5.74, 6) is -0.157. The molecule has 0 spiro atoms. The van der Waals surface area contributed by atoms with E-state index in [0.717, 1.165) is 29.0 Å². The Labute approximate surface area is 205 Å². The second kappa shape index (κ2) is 11.7. The molecule has 0 bridgehead atoms. The Bertz CT molecular complexity index is 1100. The van der Waals surface area contributed by atoms with Gasteiger partial charge in [0.15, 0.2) is 5.13 Å². The van der Waals surface area contributed by atoms with Crippen LogP contribution in [0.5, 0.6) is 0 Å². The van der Waals surface area contributed by atoms with Crippen molar-refractivity contribution in [3.05, 3.63) is 57.9 Å². The molecule has 0 saturated carbocycles. The van der Waals surface area contributed by atoms with Gasteiger partial charge >= 0.3 is 0 Å². The number of rotatable bonds is 9. The first-order valence-electron chi connectivity index (χ1n) is 10.1. The van der Waals surface area contributed by atoms with Gasteiger partial charge in [0.2, 0.25) is 11.8 Å². The third kappa shape index (κ3) is 6.97. The van der Waals surface area contributed by atoms with E-state index in [4.69, 9.17) is 23.2 Å². The van der Waals surface area contributed by atoms with E-state index in [1.54, 1.807) is 18.2 Å². The monoisotopic (exact) mass is 507 g/mol. The molecule has 32 heavy (non-hydrogen) atoms. The Balaban J connectivity index is 1.59. The molecule has 2 amide bonds. The highest BCUT2D eigenvalue weighted by atomic mass is 35.5. The van der Waals surface area contributed by atoms with Crippen LogP contribution in [0.3, 0.4) is 0 Å². The van der Waals surface area contributed by atoms with Crippen LogP contribution in [0.2, 0.25) is 10.0 Å². The molecule has 0 saturated heterocycles. The summed E-state index contributed by atoms with van der Waals surface area (Å²) in [6, 6.07) is 12.7. The second-order valence-corrected chi connectivity index (χ2v) is 10.2. The lowest BCUT2D eigenvalue weighted by molar-refractivity contribution is -0.116. The zero-order valence-electron chi connectivity index (χ0n) is 17.7. The second-order valence-electron chi connectivity index (χ2n) is 7.09. The van der Waals surface area contributed by atoms with Gasteiger partial charge in [-0.3, -0.25) is 9.59 Å². The summed E-state index contributed by atoms with van der Waals surface area (Å²) in [6.07, 6.45) is 2.34. The molecule has 9 heteroatoms. The SMILES string of the molecule is CCCCC(=O)Nc1cccc(SC(C)C(=O)Nc2nc(-c3ccc(Cl)cc3Cl)cs2)c1. The molecule has 2 aromatic carbocycles. The van der Waals surface area contributed by atoms with Gasteiger partial charge in [-0.15, -0.1) is 23.1 Å². The van der Waals surface area contributed by atoms with Crippen molar-refractivity contribution in [2.75, 3.05) is 10.6 Å².